The summed E-state index contributed by atoms with van der Waals surface area (Å²) in [5, 5.41) is 14.1. The maximum Gasteiger partial charge on any atom is 0.252 e. The van der Waals surface area contributed by atoms with Gasteiger partial charge in [-0.3, -0.25) is 9.59 Å². The number of carbonyl (C=O) groups is 1. The number of nitrogens with zero attached hydrogens (tertiary/aromatic N) is 2. The Morgan fingerprint density at radius 3 is 2.59 bits per heavy atom. The number of nitrogens with two attached hydrogens (primary N) is 1. The van der Waals surface area contributed by atoms with Crippen molar-refractivity contribution in [1.82, 2.24) is 20.3 Å². The predicted molar refractivity (Wildman–Crippen MR) is 143 cm³/mol. The molecule has 0 spiro atoms. The molecule has 0 aliphatic heterocycles. The minimum Gasteiger partial charge on any atom is -0.507 e. The lowest BCUT2D eigenvalue weighted by Gasteiger charge is -2.28. The fraction of sp³-hybridized carbons (Fsp3) is 0.310. The molecule has 1 saturated carbocycles. The zero-order valence-electron chi connectivity index (χ0n) is 20.6. The second-order valence-electron chi connectivity index (χ2n) is 9.81. The van der Waals surface area contributed by atoms with Gasteiger partial charge in [0.25, 0.3) is 5.56 Å². The van der Waals surface area contributed by atoms with Crippen LogP contribution in [-0.4, -0.2) is 32.5 Å². The highest BCUT2D eigenvalue weighted by Crippen LogP contribution is 2.30. The largest absolute Gasteiger partial charge is 0.507 e. The Balaban J connectivity index is 1.44. The van der Waals surface area contributed by atoms with Crippen LogP contribution in [-0.2, 0) is 11.2 Å². The van der Waals surface area contributed by atoms with Crippen molar-refractivity contribution in [2.24, 2.45) is 17.6 Å². The molecule has 0 saturated heterocycles. The number of H-pyrrole nitrogens is 1. The Labute approximate surface area is 215 Å². The minimum absolute atomic E-state index is 0.0204. The molecular weight excluding hydrogens is 466 g/mol. The molecule has 1 amide bonds. The summed E-state index contributed by atoms with van der Waals surface area (Å²) in [7, 11) is 0. The van der Waals surface area contributed by atoms with Crippen LogP contribution >= 0.6 is 0 Å². The lowest BCUT2D eigenvalue weighted by atomic mass is 9.81. The number of benzene rings is 2. The number of aromatic nitrogens is 3. The van der Waals surface area contributed by atoms with Crippen LogP contribution in [0.1, 0.15) is 43.0 Å². The quantitative estimate of drug-likeness (QED) is 0.306. The minimum atomic E-state index is -0.363. The molecule has 4 aromatic rings. The van der Waals surface area contributed by atoms with Crippen molar-refractivity contribution < 1.29 is 9.90 Å². The van der Waals surface area contributed by atoms with Crippen LogP contribution < -0.4 is 16.6 Å². The number of pyridine rings is 1. The van der Waals surface area contributed by atoms with Crippen molar-refractivity contribution in [3.8, 4) is 17.0 Å². The van der Waals surface area contributed by atoms with E-state index in [1.807, 2.05) is 42.5 Å². The summed E-state index contributed by atoms with van der Waals surface area (Å²) >= 11 is 0. The van der Waals surface area contributed by atoms with Crippen molar-refractivity contribution in [2.75, 3.05) is 6.54 Å². The van der Waals surface area contributed by atoms with E-state index in [0.29, 0.717) is 41.2 Å². The third-order valence-corrected chi connectivity index (χ3v) is 7.31. The molecule has 0 radical (unpaired) electrons. The van der Waals surface area contributed by atoms with Crippen LogP contribution in [0.25, 0.3) is 22.2 Å². The van der Waals surface area contributed by atoms with E-state index in [9.17, 15) is 14.7 Å². The van der Waals surface area contributed by atoms with Crippen molar-refractivity contribution in [1.29, 1.82) is 0 Å². The second kappa shape index (κ2) is 10.9. The highest BCUT2D eigenvalue weighted by molar-refractivity contribution is 5.88. The predicted octanol–water partition coefficient (Wildman–Crippen LogP) is 3.86. The SMILES string of the molecule is NCC1CCC(C(=O)N[C@@H](Cc2ccccc2)c2cc(-c3ccc4[nH]c(=O)cc(O)c4c3)ncn2)CC1. The molecule has 37 heavy (non-hydrogen) atoms. The Hall–Kier alpha value is -4.04. The Morgan fingerprint density at radius 2 is 1.84 bits per heavy atom. The molecule has 1 aliphatic carbocycles. The fourth-order valence-electron chi connectivity index (χ4n) is 5.15. The zero-order valence-corrected chi connectivity index (χ0v) is 20.6. The van der Waals surface area contributed by atoms with Crippen LogP contribution in [0.3, 0.4) is 0 Å². The molecule has 1 aliphatic rings. The summed E-state index contributed by atoms with van der Waals surface area (Å²) in [5.74, 6) is 0.449. The van der Waals surface area contributed by atoms with E-state index in [0.717, 1.165) is 42.9 Å². The molecule has 8 nitrogen and oxygen atoms in total. The molecule has 190 valence electrons. The highest BCUT2D eigenvalue weighted by Gasteiger charge is 2.28. The van der Waals surface area contributed by atoms with Crippen molar-refractivity contribution >= 4 is 16.8 Å². The standard InChI is InChI=1S/C29H31N5O3/c30-16-19-6-8-20(9-7-19)29(37)34-26(12-18-4-2-1-3-5-18)25-14-24(31-17-32-25)21-10-11-23-22(13-21)27(35)15-28(36)33-23/h1-5,10-11,13-15,17,19-20,26H,6-9,12,16,30H2,(H,34,37)(H2,33,35,36)/t19?,20?,26-/m0/s1. The number of carbonyl (C=O) groups excluding carboxylic acids is 1. The van der Waals surface area contributed by atoms with Gasteiger partial charge in [0.2, 0.25) is 5.91 Å². The first-order valence-electron chi connectivity index (χ1n) is 12.7. The molecule has 1 fully saturated rings. The topological polar surface area (TPSA) is 134 Å². The number of aromatic amines is 1. The van der Waals surface area contributed by atoms with Gasteiger partial charge in [-0.2, -0.15) is 0 Å². The Bertz CT molecular complexity index is 1450. The number of rotatable bonds is 7. The zero-order chi connectivity index (χ0) is 25.8. The third kappa shape index (κ3) is 5.70. The first-order chi connectivity index (χ1) is 18.0. The van der Waals surface area contributed by atoms with Gasteiger partial charge in [-0.05, 0) is 68.3 Å². The Kier molecular flexibility index (Phi) is 7.28. The van der Waals surface area contributed by atoms with Gasteiger partial charge >= 0.3 is 0 Å². The molecule has 1 atom stereocenters. The van der Waals surface area contributed by atoms with E-state index in [1.165, 1.54) is 6.33 Å². The first kappa shape index (κ1) is 24.6. The van der Waals surface area contributed by atoms with Gasteiger partial charge in [-0.15, -0.1) is 0 Å². The lowest BCUT2D eigenvalue weighted by molar-refractivity contribution is -0.127. The fourth-order valence-corrected chi connectivity index (χ4v) is 5.15. The van der Waals surface area contributed by atoms with Gasteiger partial charge in [-0.25, -0.2) is 9.97 Å². The number of hydrogen-bond acceptors (Lipinski definition) is 6. The van der Waals surface area contributed by atoms with Gasteiger partial charge < -0.3 is 21.1 Å². The normalized spacial score (nSPS) is 18.4. The molecule has 0 bridgehead atoms. The van der Waals surface area contributed by atoms with Gasteiger partial charge in [0.05, 0.1) is 22.9 Å². The van der Waals surface area contributed by atoms with Crippen LogP contribution in [0.2, 0.25) is 0 Å². The second-order valence-corrected chi connectivity index (χ2v) is 9.81. The number of amides is 1. The third-order valence-electron chi connectivity index (χ3n) is 7.31. The number of hydrogen-bond donors (Lipinski definition) is 4. The average molecular weight is 498 g/mol. The first-order valence-corrected chi connectivity index (χ1v) is 12.7. The molecule has 0 unspecified atom stereocenters. The van der Waals surface area contributed by atoms with Gasteiger partial charge in [0, 0.05) is 22.9 Å². The molecule has 5 N–H and O–H groups in total. The monoisotopic (exact) mass is 497 g/mol. The highest BCUT2D eigenvalue weighted by atomic mass is 16.3. The smallest absolute Gasteiger partial charge is 0.252 e. The van der Waals surface area contributed by atoms with Gasteiger partial charge in [0.1, 0.15) is 12.1 Å². The van der Waals surface area contributed by atoms with Crippen LogP contribution in [0.5, 0.6) is 5.75 Å². The van der Waals surface area contributed by atoms with Crippen molar-refractivity contribution in [3.63, 3.8) is 0 Å². The summed E-state index contributed by atoms with van der Waals surface area (Å²) < 4.78 is 0. The molecule has 2 heterocycles. The molecular formula is C29H31N5O3. The van der Waals surface area contributed by atoms with Crippen LogP contribution in [0.15, 0.2) is 71.8 Å². The van der Waals surface area contributed by atoms with Gasteiger partial charge in [-0.1, -0.05) is 36.4 Å². The summed E-state index contributed by atoms with van der Waals surface area (Å²) in [6.45, 7) is 0.678. The van der Waals surface area contributed by atoms with Crippen LogP contribution in [0.4, 0.5) is 0 Å². The van der Waals surface area contributed by atoms with E-state index in [-0.39, 0.29) is 29.2 Å². The van der Waals surface area contributed by atoms with E-state index in [1.54, 1.807) is 12.1 Å². The van der Waals surface area contributed by atoms with Crippen molar-refractivity contribution in [3.05, 3.63) is 88.6 Å². The van der Waals surface area contributed by atoms with E-state index >= 15 is 0 Å². The summed E-state index contributed by atoms with van der Waals surface area (Å²) in [6.07, 6.45) is 5.76. The lowest BCUT2D eigenvalue weighted by Crippen LogP contribution is -2.37. The maximum absolute atomic E-state index is 13.3. The number of aromatic hydroxyl groups is 1. The van der Waals surface area contributed by atoms with E-state index in [4.69, 9.17) is 5.73 Å². The van der Waals surface area contributed by atoms with Crippen LogP contribution in [0, 0.1) is 11.8 Å². The molecule has 8 heteroatoms. The number of nitrogens with one attached hydrogen (secondary N) is 2. The maximum atomic E-state index is 13.3. The summed E-state index contributed by atoms with van der Waals surface area (Å²) in [5.41, 5.74) is 9.25. The summed E-state index contributed by atoms with van der Waals surface area (Å²) in [4.78, 5) is 36.7. The van der Waals surface area contributed by atoms with Gasteiger partial charge in [0.15, 0.2) is 0 Å². The molecule has 2 aromatic heterocycles. The molecule has 5 rings (SSSR count). The van der Waals surface area contributed by atoms with E-state index in [2.05, 4.69) is 20.3 Å². The Morgan fingerprint density at radius 1 is 1.05 bits per heavy atom. The molecule has 2 aromatic carbocycles. The van der Waals surface area contributed by atoms with E-state index < -0.39 is 0 Å². The number of fused-ring (bicyclic) bond motifs is 1. The average Bonchev–Trinajstić information content (AvgIpc) is 2.93. The summed E-state index contributed by atoms with van der Waals surface area (Å²) in [6, 6.07) is 18.1. The van der Waals surface area contributed by atoms with Crippen molar-refractivity contribution in [2.45, 2.75) is 38.1 Å².